The van der Waals surface area contributed by atoms with Crippen LogP contribution < -0.4 is 11.1 Å². The Kier molecular flexibility index (Phi) is 3.68. The van der Waals surface area contributed by atoms with Gasteiger partial charge in [-0.05, 0) is 6.07 Å². The predicted molar refractivity (Wildman–Crippen MR) is 63.5 cm³/mol. The van der Waals surface area contributed by atoms with Crippen LogP contribution in [0.2, 0.25) is 0 Å². The van der Waals surface area contributed by atoms with Crippen LogP contribution in [-0.2, 0) is 20.1 Å². The SMILES string of the molecule is Cn1nccc1CNC(=O)c1cn(CCN)nn1. The Labute approximate surface area is 104 Å². The van der Waals surface area contributed by atoms with E-state index in [0.29, 0.717) is 19.6 Å². The van der Waals surface area contributed by atoms with Gasteiger partial charge in [-0.2, -0.15) is 5.10 Å². The number of nitrogens with two attached hydrogens (primary N) is 1. The van der Waals surface area contributed by atoms with Gasteiger partial charge in [0.25, 0.3) is 5.91 Å². The zero-order valence-electron chi connectivity index (χ0n) is 10.1. The molecule has 0 saturated heterocycles. The van der Waals surface area contributed by atoms with E-state index >= 15 is 0 Å². The van der Waals surface area contributed by atoms with Crippen molar-refractivity contribution < 1.29 is 4.79 Å². The molecule has 2 rings (SSSR count). The number of nitrogens with one attached hydrogen (secondary N) is 1. The van der Waals surface area contributed by atoms with E-state index in [-0.39, 0.29) is 11.6 Å². The van der Waals surface area contributed by atoms with Gasteiger partial charge >= 0.3 is 0 Å². The van der Waals surface area contributed by atoms with Crippen molar-refractivity contribution in [3.05, 3.63) is 29.8 Å². The first-order valence-electron chi connectivity index (χ1n) is 5.56. The fraction of sp³-hybridized carbons (Fsp3) is 0.400. The van der Waals surface area contributed by atoms with E-state index in [1.807, 2.05) is 13.1 Å². The molecule has 8 heteroatoms. The van der Waals surface area contributed by atoms with Gasteiger partial charge in [0.2, 0.25) is 0 Å². The Bertz CT molecular complexity index is 530. The lowest BCUT2D eigenvalue weighted by Crippen LogP contribution is -2.24. The fourth-order valence-electron chi connectivity index (χ4n) is 1.48. The van der Waals surface area contributed by atoms with Crippen LogP contribution in [-0.4, -0.2) is 37.2 Å². The van der Waals surface area contributed by atoms with Gasteiger partial charge in [-0.25, -0.2) is 0 Å². The molecule has 0 fully saturated rings. The van der Waals surface area contributed by atoms with Crippen LogP contribution in [0.25, 0.3) is 0 Å². The number of carbonyl (C=O) groups excluding carboxylic acids is 1. The van der Waals surface area contributed by atoms with Gasteiger partial charge in [-0.1, -0.05) is 5.21 Å². The van der Waals surface area contributed by atoms with Crippen LogP contribution in [0, 0.1) is 0 Å². The van der Waals surface area contributed by atoms with Crippen molar-refractivity contribution in [3.63, 3.8) is 0 Å². The molecule has 0 radical (unpaired) electrons. The van der Waals surface area contributed by atoms with E-state index < -0.39 is 0 Å². The van der Waals surface area contributed by atoms with Gasteiger partial charge in [0.05, 0.1) is 25.0 Å². The summed E-state index contributed by atoms with van der Waals surface area (Å²) in [4.78, 5) is 11.8. The molecule has 0 aliphatic rings. The molecule has 0 aliphatic carbocycles. The minimum Gasteiger partial charge on any atom is -0.345 e. The zero-order chi connectivity index (χ0) is 13.0. The number of hydrogen-bond donors (Lipinski definition) is 2. The number of aromatic nitrogens is 5. The number of amides is 1. The minimum absolute atomic E-state index is 0.264. The van der Waals surface area contributed by atoms with Crippen molar-refractivity contribution in [2.24, 2.45) is 12.8 Å². The third-order valence-electron chi connectivity index (χ3n) is 2.48. The van der Waals surface area contributed by atoms with Crippen molar-refractivity contribution in [2.75, 3.05) is 6.54 Å². The maximum absolute atomic E-state index is 11.8. The average Bonchev–Trinajstić information content (AvgIpc) is 2.96. The Morgan fingerprint density at radius 2 is 2.39 bits per heavy atom. The molecule has 0 atom stereocenters. The van der Waals surface area contributed by atoms with Crippen LogP contribution in [0.1, 0.15) is 16.2 Å². The third kappa shape index (κ3) is 2.72. The molecule has 0 bridgehead atoms. The van der Waals surface area contributed by atoms with Crippen LogP contribution in [0.3, 0.4) is 0 Å². The lowest BCUT2D eigenvalue weighted by Gasteiger charge is -2.02. The van der Waals surface area contributed by atoms with E-state index in [1.165, 1.54) is 0 Å². The Morgan fingerprint density at radius 3 is 3.06 bits per heavy atom. The molecular weight excluding hydrogens is 234 g/mol. The summed E-state index contributed by atoms with van der Waals surface area (Å²) in [5, 5.41) is 14.3. The zero-order valence-corrected chi connectivity index (χ0v) is 10.1. The average molecular weight is 249 g/mol. The molecule has 2 heterocycles. The molecule has 0 saturated carbocycles. The van der Waals surface area contributed by atoms with Gasteiger partial charge in [-0.3, -0.25) is 14.2 Å². The van der Waals surface area contributed by atoms with Crippen LogP contribution >= 0.6 is 0 Å². The van der Waals surface area contributed by atoms with Crippen LogP contribution in [0.5, 0.6) is 0 Å². The third-order valence-corrected chi connectivity index (χ3v) is 2.48. The first-order valence-corrected chi connectivity index (χ1v) is 5.56. The molecule has 2 aromatic heterocycles. The number of carbonyl (C=O) groups is 1. The van der Waals surface area contributed by atoms with Gasteiger partial charge in [0.15, 0.2) is 5.69 Å². The van der Waals surface area contributed by atoms with E-state index in [2.05, 4.69) is 20.7 Å². The molecule has 0 unspecified atom stereocenters. The van der Waals surface area contributed by atoms with E-state index in [1.54, 1.807) is 21.8 Å². The van der Waals surface area contributed by atoms with Gasteiger partial charge < -0.3 is 11.1 Å². The van der Waals surface area contributed by atoms with Crippen molar-refractivity contribution >= 4 is 5.91 Å². The van der Waals surface area contributed by atoms with E-state index in [0.717, 1.165) is 5.69 Å². The molecule has 3 N–H and O–H groups in total. The maximum atomic E-state index is 11.8. The summed E-state index contributed by atoms with van der Waals surface area (Å²) in [6.45, 7) is 1.40. The van der Waals surface area contributed by atoms with Gasteiger partial charge in [-0.15, -0.1) is 5.10 Å². The highest BCUT2D eigenvalue weighted by molar-refractivity contribution is 5.91. The summed E-state index contributed by atoms with van der Waals surface area (Å²) in [6, 6.07) is 1.84. The highest BCUT2D eigenvalue weighted by Crippen LogP contribution is 1.97. The second-order valence-corrected chi connectivity index (χ2v) is 3.78. The monoisotopic (exact) mass is 249 g/mol. The first-order chi connectivity index (χ1) is 8.70. The standard InChI is InChI=1S/C10H15N7O/c1-16-8(2-4-13-16)6-12-10(18)9-7-17(5-3-11)15-14-9/h2,4,7H,3,5-6,11H2,1H3,(H,12,18). The molecule has 18 heavy (non-hydrogen) atoms. The molecule has 0 aromatic carbocycles. The van der Waals surface area contributed by atoms with Crippen molar-refractivity contribution in [2.45, 2.75) is 13.1 Å². The van der Waals surface area contributed by atoms with Crippen molar-refractivity contribution in [1.29, 1.82) is 0 Å². The second-order valence-electron chi connectivity index (χ2n) is 3.78. The number of hydrogen-bond acceptors (Lipinski definition) is 5. The Balaban J connectivity index is 1.93. The predicted octanol–water partition coefficient (Wildman–Crippen LogP) is -1.10. The molecular formula is C10H15N7O. The largest absolute Gasteiger partial charge is 0.345 e. The summed E-state index contributed by atoms with van der Waals surface area (Å²) >= 11 is 0. The topological polar surface area (TPSA) is 104 Å². The van der Waals surface area contributed by atoms with Crippen molar-refractivity contribution in [1.82, 2.24) is 30.1 Å². The van der Waals surface area contributed by atoms with Gasteiger partial charge in [0, 0.05) is 19.8 Å². The normalized spacial score (nSPS) is 10.6. The van der Waals surface area contributed by atoms with E-state index in [9.17, 15) is 4.79 Å². The number of rotatable bonds is 5. The minimum atomic E-state index is -0.264. The Hall–Kier alpha value is -2.22. The summed E-state index contributed by atoms with van der Waals surface area (Å²) in [7, 11) is 1.82. The van der Waals surface area contributed by atoms with E-state index in [4.69, 9.17) is 5.73 Å². The van der Waals surface area contributed by atoms with Gasteiger partial charge in [0.1, 0.15) is 0 Å². The molecule has 2 aromatic rings. The maximum Gasteiger partial charge on any atom is 0.273 e. The molecule has 1 amide bonds. The molecule has 8 nitrogen and oxygen atoms in total. The lowest BCUT2D eigenvalue weighted by atomic mass is 10.4. The summed E-state index contributed by atoms with van der Waals surface area (Å²) in [5.74, 6) is -0.264. The number of nitrogens with zero attached hydrogens (tertiary/aromatic N) is 5. The summed E-state index contributed by atoms with van der Waals surface area (Å²) in [6.07, 6.45) is 3.25. The summed E-state index contributed by atoms with van der Waals surface area (Å²) < 4.78 is 3.24. The van der Waals surface area contributed by atoms with Crippen LogP contribution in [0.15, 0.2) is 18.5 Å². The lowest BCUT2D eigenvalue weighted by molar-refractivity contribution is 0.0945. The van der Waals surface area contributed by atoms with Crippen LogP contribution in [0.4, 0.5) is 0 Å². The smallest absolute Gasteiger partial charge is 0.273 e. The van der Waals surface area contributed by atoms with Crippen molar-refractivity contribution in [3.8, 4) is 0 Å². The molecule has 96 valence electrons. The highest BCUT2D eigenvalue weighted by atomic mass is 16.2. The summed E-state index contributed by atoms with van der Waals surface area (Å²) in [5.41, 5.74) is 6.58. The second kappa shape index (κ2) is 5.41. The highest BCUT2D eigenvalue weighted by Gasteiger charge is 2.10. The number of aryl methyl sites for hydroxylation is 1. The molecule has 0 spiro atoms. The first kappa shape index (κ1) is 12.2. The fourth-order valence-corrected chi connectivity index (χ4v) is 1.48. The Morgan fingerprint density at radius 1 is 1.56 bits per heavy atom. The quantitative estimate of drug-likeness (QED) is 0.700. The molecule has 0 aliphatic heterocycles.